The van der Waals surface area contributed by atoms with E-state index in [4.69, 9.17) is 5.10 Å². The van der Waals surface area contributed by atoms with Gasteiger partial charge in [0.15, 0.2) is 0 Å². The summed E-state index contributed by atoms with van der Waals surface area (Å²) in [6, 6.07) is 0. The Balaban J connectivity index is 0.00000208. The Labute approximate surface area is 265 Å². The van der Waals surface area contributed by atoms with Gasteiger partial charge in [-0.1, -0.05) is 107 Å². The number of hydrogen-bond donors (Lipinski definition) is 0. The zero-order chi connectivity index (χ0) is 30.8. The van der Waals surface area contributed by atoms with Crippen molar-refractivity contribution in [3.63, 3.8) is 0 Å². The summed E-state index contributed by atoms with van der Waals surface area (Å²) in [4.78, 5) is 0. The van der Waals surface area contributed by atoms with Gasteiger partial charge >= 0.3 is 0 Å². The minimum absolute atomic E-state index is 0. The molecule has 0 radical (unpaired) electrons. The molecule has 9 atom stereocenters. The maximum absolute atomic E-state index is 4.73. The monoisotopic (exact) mass is 583 g/mol. The maximum atomic E-state index is 4.73. The van der Waals surface area contributed by atoms with Gasteiger partial charge in [-0.2, -0.15) is 5.10 Å². The summed E-state index contributed by atoms with van der Waals surface area (Å²) in [6.45, 7) is 31.4. The van der Waals surface area contributed by atoms with Gasteiger partial charge in [0.25, 0.3) is 0 Å². The molecule has 1 aromatic rings. The average Bonchev–Trinajstić information content (AvgIpc) is 3.47. The van der Waals surface area contributed by atoms with Crippen LogP contribution in [0.4, 0.5) is 0 Å². The van der Waals surface area contributed by atoms with Gasteiger partial charge < -0.3 is 0 Å². The second-order valence-corrected chi connectivity index (χ2v) is 13.4. The normalized spacial score (nSPS) is 35.5. The summed E-state index contributed by atoms with van der Waals surface area (Å²) in [7, 11) is 0. The average molecular weight is 583 g/mol. The van der Waals surface area contributed by atoms with E-state index in [1.807, 2.05) is 54.7 Å². The molecule has 4 aliphatic carbocycles. The van der Waals surface area contributed by atoms with Crippen LogP contribution in [0.5, 0.6) is 0 Å². The predicted molar refractivity (Wildman–Crippen MR) is 192 cm³/mol. The fraction of sp³-hybridized carbons (Fsp3) is 0.775. The fourth-order valence-electron chi connectivity index (χ4n) is 10.1. The van der Waals surface area contributed by atoms with Crippen LogP contribution in [0.3, 0.4) is 0 Å². The van der Waals surface area contributed by atoms with E-state index in [0.717, 1.165) is 53.2 Å². The Morgan fingerprint density at radius 2 is 1.67 bits per heavy atom. The molecule has 2 nitrogen and oxygen atoms in total. The molecule has 1 aromatic heterocycles. The molecule has 0 amide bonds. The van der Waals surface area contributed by atoms with Crippen molar-refractivity contribution in [2.75, 3.05) is 0 Å². The van der Waals surface area contributed by atoms with Gasteiger partial charge in [-0.15, -0.1) is 6.58 Å². The van der Waals surface area contributed by atoms with Crippen LogP contribution in [0.2, 0.25) is 0 Å². The number of hydrogen-bond acceptors (Lipinski definition) is 1. The van der Waals surface area contributed by atoms with Crippen LogP contribution in [-0.2, 0) is 6.54 Å². The molecule has 0 aliphatic heterocycles. The summed E-state index contributed by atoms with van der Waals surface area (Å²) < 4.78 is 2.19. The number of nitrogens with zero attached hydrogens (tertiary/aromatic N) is 2. The zero-order valence-corrected chi connectivity index (χ0v) is 29.0. The summed E-state index contributed by atoms with van der Waals surface area (Å²) in [5, 5.41) is 4.73. The number of fused-ring (bicyclic) bond motifs is 5. The Morgan fingerprint density at radius 1 is 1.02 bits per heavy atom. The third-order valence-corrected chi connectivity index (χ3v) is 11.6. The molecule has 0 aromatic carbocycles. The molecular formula is C40H74N2. The van der Waals surface area contributed by atoms with Crippen molar-refractivity contribution >= 4 is 5.57 Å². The lowest BCUT2D eigenvalue weighted by Gasteiger charge is -2.63. The van der Waals surface area contributed by atoms with Gasteiger partial charge in [-0.3, -0.25) is 4.68 Å². The van der Waals surface area contributed by atoms with Gasteiger partial charge in [0.2, 0.25) is 0 Å². The van der Waals surface area contributed by atoms with Crippen molar-refractivity contribution < 1.29 is 1.43 Å². The highest BCUT2D eigenvalue weighted by Crippen LogP contribution is 2.66. The molecule has 0 bridgehead atoms. The number of aromatic nitrogens is 2. The predicted octanol–water partition coefficient (Wildman–Crippen LogP) is 12.9. The largest absolute Gasteiger partial charge is 0.272 e. The van der Waals surface area contributed by atoms with E-state index in [0.29, 0.717) is 16.7 Å². The van der Waals surface area contributed by atoms with Crippen molar-refractivity contribution in [1.29, 1.82) is 0 Å². The Hall–Kier alpha value is -1.57. The molecular weight excluding hydrogens is 508 g/mol. The van der Waals surface area contributed by atoms with Gasteiger partial charge in [0.05, 0.1) is 6.20 Å². The van der Waals surface area contributed by atoms with E-state index >= 15 is 0 Å². The lowest BCUT2D eigenvalue weighted by Crippen LogP contribution is -2.56. The van der Waals surface area contributed by atoms with Gasteiger partial charge in [0, 0.05) is 19.7 Å². The summed E-state index contributed by atoms with van der Waals surface area (Å²) in [5.74, 6) is 6.09. The quantitative estimate of drug-likeness (QED) is 0.241. The first kappa shape index (κ1) is 38.5. The van der Waals surface area contributed by atoms with E-state index < -0.39 is 0 Å². The third kappa shape index (κ3) is 7.74. The van der Waals surface area contributed by atoms with Crippen molar-refractivity contribution in [2.45, 2.75) is 147 Å². The van der Waals surface area contributed by atoms with E-state index in [9.17, 15) is 0 Å². The zero-order valence-electron chi connectivity index (χ0n) is 29.0. The first-order valence-corrected chi connectivity index (χ1v) is 17.8. The molecule has 5 rings (SSSR count). The summed E-state index contributed by atoms with van der Waals surface area (Å²) in [5.41, 5.74) is 3.15. The first-order chi connectivity index (χ1) is 19.8. The molecule has 0 spiro atoms. The molecule has 2 heteroatoms. The molecule has 1 heterocycles. The van der Waals surface area contributed by atoms with Crippen LogP contribution in [0, 0.1) is 52.3 Å². The molecule has 0 saturated heterocycles. The minimum atomic E-state index is 0. The molecule has 4 fully saturated rings. The highest BCUT2D eigenvalue weighted by Gasteiger charge is 2.58. The van der Waals surface area contributed by atoms with Gasteiger partial charge in [-0.25, -0.2) is 0 Å². The second-order valence-electron chi connectivity index (χ2n) is 13.4. The van der Waals surface area contributed by atoms with Crippen molar-refractivity contribution in [3.05, 3.63) is 49.3 Å². The van der Waals surface area contributed by atoms with Crippen LogP contribution in [0.1, 0.15) is 148 Å². The Bertz CT molecular complexity index is 961. The van der Waals surface area contributed by atoms with E-state index in [1.165, 1.54) is 64.2 Å². The molecule has 3 unspecified atom stereocenters. The van der Waals surface area contributed by atoms with Crippen LogP contribution in [0.25, 0.3) is 5.57 Å². The van der Waals surface area contributed by atoms with Gasteiger partial charge in [-0.05, 0) is 116 Å². The summed E-state index contributed by atoms with van der Waals surface area (Å²) >= 11 is 0. The van der Waals surface area contributed by atoms with Crippen molar-refractivity contribution in [1.82, 2.24) is 9.78 Å². The third-order valence-electron chi connectivity index (χ3n) is 11.6. The second kappa shape index (κ2) is 17.7. The lowest BCUT2D eigenvalue weighted by atomic mass is 9.41. The van der Waals surface area contributed by atoms with E-state index in [-0.39, 0.29) is 8.85 Å². The van der Waals surface area contributed by atoms with Crippen LogP contribution in [0.15, 0.2) is 43.8 Å². The molecule has 0 N–H and O–H groups in total. The maximum Gasteiger partial charge on any atom is 0.0568 e. The molecule has 4 aliphatic rings. The Kier molecular flexibility index (Phi) is 16.2. The molecule has 244 valence electrons. The van der Waals surface area contributed by atoms with E-state index in [1.54, 1.807) is 0 Å². The van der Waals surface area contributed by atoms with Gasteiger partial charge in [0.1, 0.15) is 0 Å². The number of rotatable bonds is 6. The van der Waals surface area contributed by atoms with Crippen LogP contribution < -0.4 is 0 Å². The number of allylic oxidation sites excluding steroid dienone is 4. The lowest BCUT2D eigenvalue weighted by molar-refractivity contribution is -0.134. The molecule has 42 heavy (non-hydrogen) atoms. The topological polar surface area (TPSA) is 17.8 Å². The SMILES string of the molecule is C.C=C[C@]12CC[C@@H]3C(CC[C@@]4(C)C3CCCC4[C@@H](C)Cn3cc(C(=C)/C=C/C)cn3)[C@H]1CC[C@H](C)C2.CC.CC.CC.[HH]. The van der Waals surface area contributed by atoms with Crippen LogP contribution >= 0.6 is 0 Å². The van der Waals surface area contributed by atoms with Crippen LogP contribution in [-0.4, -0.2) is 9.78 Å². The highest BCUT2D eigenvalue weighted by molar-refractivity contribution is 5.70. The standard InChI is InChI=1S/C33H50N2.3C2H6.CH4.H2/c1-7-10-24(4)26-20-34-35(22-26)21-25(5)29-11-9-12-30-27-16-18-33(8-2)19-23(3)13-14-31(33)28(27)15-17-32(29,30)6;3*1-2;;/h7-8,10,20,22-23,25,27-31H,2,4,9,11-19,21H2,1,3,5-6H3;3*1-2H3;1H4;1H/b10-7+;;;;;/t23-,25-,27+,28?,29?,30?,31+,32+,33+;;;;;/m0...../s1. The van der Waals surface area contributed by atoms with E-state index in [2.05, 4.69) is 63.0 Å². The minimum Gasteiger partial charge on any atom is -0.272 e. The van der Waals surface area contributed by atoms with Crippen molar-refractivity contribution in [2.24, 2.45) is 52.3 Å². The smallest absolute Gasteiger partial charge is 0.0568 e. The van der Waals surface area contributed by atoms with Crippen molar-refractivity contribution in [3.8, 4) is 0 Å². The fourth-order valence-corrected chi connectivity index (χ4v) is 10.1. The molecule has 4 saturated carbocycles. The first-order valence-electron chi connectivity index (χ1n) is 17.8. The highest BCUT2D eigenvalue weighted by atomic mass is 15.3. The summed E-state index contributed by atoms with van der Waals surface area (Å²) in [6.07, 6.45) is 25.1. The Morgan fingerprint density at radius 3 is 2.31 bits per heavy atom.